The lowest BCUT2D eigenvalue weighted by Gasteiger charge is -2.37. The number of alkyl halides is 3. The Bertz CT molecular complexity index is 473. The van der Waals surface area contributed by atoms with Crippen LogP contribution in [0.4, 0.5) is 24.5 Å². The summed E-state index contributed by atoms with van der Waals surface area (Å²) in [5.74, 6) is 0. The molecule has 1 aliphatic rings. The van der Waals surface area contributed by atoms with E-state index in [1.54, 1.807) is 6.07 Å². The molecule has 2 rings (SSSR count). The van der Waals surface area contributed by atoms with Crippen LogP contribution in [0, 0.1) is 0 Å². The molecule has 1 aromatic rings. The number of hydrogen-bond acceptors (Lipinski definition) is 3. The van der Waals surface area contributed by atoms with Crippen molar-refractivity contribution < 1.29 is 13.2 Å². The molecule has 1 fully saturated rings. The van der Waals surface area contributed by atoms with Gasteiger partial charge >= 0.3 is 6.18 Å². The van der Waals surface area contributed by atoms with Crippen LogP contribution in [-0.4, -0.2) is 38.1 Å². The summed E-state index contributed by atoms with van der Waals surface area (Å²) < 4.78 is 38.7. The molecular formula is C14H20F3N3. The molecule has 1 unspecified atom stereocenters. The molecule has 1 heterocycles. The Morgan fingerprint density at radius 3 is 2.65 bits per heavy atom. The van der Waals surface area contributed by atoms with Crippen molar-refractivity contribution in [1.29, 1.82) is 0 Å². The maximum atomic E-state index is 12.9. The van der Waals surface area contributed by atoms with Gasteiger partial charge in [0.2, 0.25) is 0 Å². The first-order valence-corrected chi connectivity index (χ1v) is 6.67. The van der Waals surface area contributed by atoms with Gasteiger partial charge in [-0.25, -0.2) is 0 Å². The zero-order valence-corrected chi connectivity index (χ0v) is 11.7. The van der Waals surface area contributed by atoms with Gasteiger partial charge in [0.1, 0.15) is 0 Å². The quantitative estimate of drug-likeness (QED) is 0.849. The second-order valence-electron chi connectivity index (χ2n) is 5.44. The van der Waals surface area contributed by atoms with Crippen LogP contribution >= 0.6 is 0 Å². The van der Waals surface area contributed by atoms with Crippen LogP contribution in [-0.2, 0) is 6.18 Å². The number of halogens is 3. The number of benzene rings is 1. The molecule has 0 radical (unpaired) electrons. The van der Waals surface area contributed by atoms with Gasteiger partial charge in [-0.3, -0.25) is 0 Å². The Morgan fingerprint density at radius 1 is 1.35 bits per heavy atom. The minimum absolute atomic E-state index is 0.226. The van der Waals surface area contributed by atoms with E-state index in [0.717, 1.165) is 32.0 Å². The lowest BCUT2D eigenvalue weighted by molar-refractivity contribution is -0.136. The molecule has 1 saturated heterocycles. The zero-order valence-electron chi connectivity index (χ0n) is 11.7. The van der Waals surface area contributed by atoms with E-state index < -0.39 is 11.7 Å². The van der Waals surface area contributed by atoms with Gasteiger partial charge in [-0.05, 0) is 44.6 Å². The molecule has 1 aliphatic heterocycles. The molecule has 0 amide bonds. The topological polar surface area (TPSA) is 32.5 Å². The normalized spacial score (nSPS) is 20.9. The summed E-state index contributed by atoms with van der Waals surface area (Å²) in [5, 5.41) is 0. The van der Waals surface area contributed by atoms with E-state index in [-0.39, 0.29) is 11.7 Å². The number of nitrogens with two attached hydrogens (primary N) is 1. The fraction of sp³-hybridized carbons (Fsp3) is 0.571. The van der Waals surface area contributed by atoms with Gasteiger partial charge in [-0.15, -0.1) is 0 Å². The highest BCUT2D eigenvalue weighted by Gasteiger charge is 2.33. The number of nitrogens with zero attached hydrogens (tertiary/aromatic N) is 2. The number of piperidine rings is 1. The zero-order chi connectivity index (χ0) is 14.9. The van der Waals surface area contributed by atoms with Crippen LogP contribution in [0.1, 0.15) is 18.4 Å². The van der Waals surface area contributed by atoms with E-state index in [2.05, 4.69) is 4.90 Å². The van der Waals surface area contributed by atoms with E-state index in [9.17, 15) is 13.2 Å². The van der Waals surface area contributed by atoms with Crippen LogP contribution < -0.4 is 10.6 Å². The average Bonchev–Trinajstić information content (AvgIpc) is 2.37. The molecule has 1 atom stereocenters. The third kappa shape index (κ3) is 3.17. The van der Waals surface area contributed by atoms with Gasteiger partial charge in [0, 0.05) is 31.0 Å². The maximum Gasteiger partial charge on any atom is 0.418 e. The largest absolute Gasteiger partial charge is 0.418 e. The first kappa shape index (κ1) is 15.0. The standard InChI is InChI=1S/C14H20F3N3/c1-19-7-3-4-11(9-19)20(2)10-5-6-13(18)12(8-10)14(15,16)17/h5-6,8,11H,3-4,7,9,18H2,1-2H3. The van der Waals surface area contributed by atoms with Gasteiger partial charge in [-0.2, -0.15) is 13.2 Å². The van der Waals surface area contributed by atoms with E-state index in [1.165, 1.54) is 6.07 Å². The summed E-state index contributed by atoms with van der Waals surface area (Å²) in [5.41, 5.74) is 5.01. The molecule has 3 nitrogen and oxygen atoms in total. The first-order chi connectivity index (χ1) is 9.29. The molecule has 2 N–H and O–H groups in total. The van der Waals surface area contributed by atoms with Crippen molar-refractivity contribution in [3.63, 3.8) is 0 Å². The molecule has 0 saturated carbocycles. The Morgan fingerprint density at radius 2 is 2.05 bits per heavy atom. The minimum Gasteiger partial charge on any atom is -0.398 e. The van der Waals surface area contributed by atoms with E-state index in [4.69, 9.17) is 5.73 Å². The second kappa shape index (κ2) is 5.52. The third-order valence-corrected chi connectivity index (χ3v) is 3.90. The van der Waals surface area contributed by atoms with Gasteiger partial charge in [0.05, 0.1) is 5.56 Å². The Kier molecular flexibility index (Phi) is 4.13. The number of likely N-dealkylation sites (tertiary alicyclic amines) is 1. The van der Waals surface area contributed by atoms with Crippen molar-refractivity contribution >= 4 is 11.4 Å². The molecule has 0 aliphatic carbocycles. The number of likely N-dealkylation sites (N-methyl/N-ethyl adjacent to an activating group) is 2. The van der Waals surface area contributed by atoms with Gasteiger partial charge in [-0.1, -0.05) is 0 Å². The monoisotopic (exact) mass is 287 g/mol. The lowest BCUT2D eigenvalue weighted by Crippen LogP contribution is -2.45. The van der Waals surface area contributed by atoms with Crippen molar-refractivity contribution in [1.82, 2.24) is 4.90 Å². The van der Waals surface area contributed by atoms with E-state index in [1.807, 2.05) is 19.0 Å². The Hall–Kier alpha value is -1.43. The van der Waals surface area contributed by atoms with E-state index >= 15 is 0 Å². The lowest BCUT2D eigenvalue weighted by atomic mass is 10.0. The van der Waals surface area contributed by atoms with Crippen LogP contribution in [0.2, 0.25) is 0 Å². The van der Waals surface area contributed by atoms with Crippen molar-refractivity contribution in [2.24, 2.45) is 0 Å². The molecule has 0 spiro atoms. The Labute approximate surface area is 117 Å². The second-order valence-corrected chi connectivity index (χ2v) is 5.44. The summed E-state index contributed by atoms with van der Waals surface area (Å²) in [7, 11) is 3.87. The molecule has 112 valence electrons. The molecule has 6 heteroatoms. The third-order valence-electron chi connectivity index (χ3n) is 3.90. The van der Waals surface area contributed by atoms with Crippen molar-refractivity contribution in [3.05, 3.63) is 23.8 Å². The molecular weight excluding hydrogens is 267 g/mol. The molecule has 1 aromatic carbocycles. The highest BCUT2D eigenvalue weighted by atomic mass is 19.4. The molecule has 0 bridgehead atoms. The summed E-state index contributed by atoms with van der Waals surface area (Å²) in [6.45, 7) is 1.90. The summed E-state index contributed by atoms with van der Waals surface area (Å²) in [6, 6.07) is 4.36. The Balaban J connectivity index is 2.24. The average molecular weight is 287 g/mol. The van der Waals surface area contributed by atoms with Gasteiger partial charge in [0.25, 0.3) is 0 Å². The minimum atomic E-state index is -4.41. The van der Waals surface area contributed by atoms with Gasteiger partial charge < -0.3 is 15.5 Å². The number of rotatable bonds is 2. The number of hydrogen-bond donors (Lipinski definition) is 1. The summed E-state index contributed by atoms with van der Waals surface area (Å²) in [4.78, 5) is 4.12. The van der Waals surface area contributed by atoms with Gasteiger partial charge in [0.15, 0.2) is 0 Å². The maximum absolute atomic E-state index is 12.9. The highest BCUT2D eigenvalue weighted by Crippen LogP contribution is 2.36. The summed E-state index contributed by atoms with van der Waals surface area (Å²) in [6.07, 6.45) is -2.36. The molecule has 20 heavy (non-hydrogen) atoms. The summed E-state index contributed by atoms with van der Waals surface area (Å²) >= 11 is 0. The SMILES string of the molecule is CN1CCCC(N(C)c2ccc(N)c(C(F)(F)F)c2)C1. The predicted octanol–water partition coefficient (Wildman–Crippen LogP) is 2.82. The highest BCUT2D eigenvalue weighted by molar-refractivity contribution is 5.59. The van der Waals surface area contributed by atoms with E-state index in [0.29, 0.717) is 5.69 Å². The first-order valence-electron chi connectivity index (χ1n) is 6.67. The van der Waals surface area contributed by atoms with Crippen molar-refractivity contribution in [2.75, 3.05) is 37.8 Å². The molecule has 0 aromatic heterocycles. The van der Waals surface area contributed by atoms with Crippen LogP contribution in [0.5, 0.6) is 0 Å². The van der Waals surface area contributed by atoms with Crippen LogP contribution in [0.3, 0.4) is 0 Å². The van der Waals surface area contributed by atoms with Crippen molar-refractivity contribution in [2.45, 2.75) is 25.1 Å². The smallest absolute Gasteiger partial charge is 0.398 e. The predicted molar refractivity (Wildman–Crippen MR) is 74.8 cm³/mol. The fourth-order valence-electron chi connectivity index (χ4n) is 2.68. The number of nitrogen functional groups attached to an aromatic ring is 1. The van der Waals surface area contributed by atoms with Crippen LogP contribution in [0.15, 0.2) is 18.2 Å². The van der Waals surface area contributed by atoms with Crippen molar-refractivity contribution in [3.8, 4) is 0 Å². The fourth-order valence-corrected chi connectivity index (χ4v) is 2.68. The van der Waals surface area contributed by atoms with Crippen LogP contribution in [0.25, 0.3) is 0 Å². The number of anilines is 2.